The Kier molecular flexibility index (Phi) is 6.45. The van der Waals surface area contributed by atoms with E-state index in [1.807, 2.05) is 0 Å². The van der Waals surface area contributed by atoms with Gasteiger partial charge in [-0.05, 0) is 24.7 Å². The average Bonchev–Trinajstić information content (AvgIpc) is 2.30. The third kappa shape index (κ3) is 5.26. The van der Waals surface area contributed by atoms with Gasteiger partial charge in [-0.2, -0.15) is 0 Å². The summed E-state index contributed by atoms with van der Waals surface area (Å²) in [5, 5.41) is 0.809. The van der Waals surface area contributed by atoms with E-state index in [1.54, 1.807) is 7.11 Å². The van der Waals surface area contributed by atoms with E-state index in [-0.39, 0.29) is 11.2 Å². The van der Waals surface area contributed by atoms with Crippen molar-refractivity contribution in [3.63, 3.8) is 0 Å². The van der Waals surface area contributed by atoms with Gasteiger partial charge >= 0.3 is 0 Å². The Morgan fingerprint density at radius 3 is 2.41 bits per heavy atom. The highest BCUT2D eigenvalue weighted by Crippen LogP contribution is 2.39. The van der Waals surface area contributed by atoms with Crippen LogP contribution in [0, 0.1) is 5.41 Å². The van der Waals surface area contributed by atoms with Crippen LogP contribution in [0.25, 0.3) is 0 Å². The number of hydrogen-bond acceptors (Lipinski definition) is 3. The van der Waals surface area contributed by atoms with E-state index in [9.17, 15) is 8.42 Å². The molecule has 102 valence electrons. The van der Waals surface area contributed by atoms with Gasteiger partial charge in [0.05, 0.1) is 11.5 Å². The van der Waals surface area contributed by atoms with E-state index in [0.717, 1.165) is 18.2 Å². The van der Waals surface area contributed by atoms with Crippen LogP contribution in [0.5, 0.6) is 0 Å². The summed E-state index contributed by atoms with van der Waals surface area (Å²) in [6, 6.07) is 0. The first kappa shape index (κ1) is 15.4. The Balaban J connectivity index is 2.54. The van der Waals surface area contributed by atoms with Crippen LogP contribution in [0.1, 0.15) is 38.5 Å². The summed E-state index contributed by atoms with van der Waals surface area (Å²) in [5.74, 6) is 0.602. The third-order valence-electron chi connectivity index (χ3n) is 3.53. The number of alkyl halides is 1. The van der Waals surface area contributed by atoms with Crippen LogP contribution in [-0.2, 0) is 14.6 Å². The highest BCUT2D eigenvalue weighted by atomic mass is 79.9. The van der Waals surface area contributed by atoms with Crippen molar-refractivity contribution in [1.82, 2.24) is 0 Å². The Morgan fingerprint density at radius 1 is 1.24 bits per heavy atom. The molecular formula is C12H23BrO3S. The fraction of sp³-hybridized carbons (Fsp3) is 1.00. The predicted octanol–water partition coefficient (Wildman–Crippen LogP) is 2.78. The summed E-state index contributed by atoms with van der Waals surface area (Å²) in [4.78, 5) is 0. The van der Waals surface area contributed by atoms with Crippen molar-refractivity contribution < 1.29 is 13.2 Å². The molecule has 5 heteroatoms. The molecule has 0 radical (unpaired) electrons. The van der Waals surface area contributed by atoms with Gasteiger partial charge in [0.15, 0.2) is 9.84 Å². The fourth-order valence-electron chi connectivity index (χ4n) is 2.58. The lowest BCUT2D eigenvalue weighted by molar-refractivity contribution is 0.199. The van der Waals surface area contributed by atoms with Crippen molar-refractivity contribution in [3.8, 4) is 0 Å². The zero-order valence-corrected chi connectivity index (χ0v) is 13.0. The molecule has 0 aromatic heterocycles. The third-order valence-corrected chi connectivity index (χ3v) is 6.68. The minimum Gasteiger partial charge on any atom is -0.385 e. The van der Waals surface area contributed by atoms with Crippen molar-refractivity contribution in [2.45, 2.75) is 38.5 Å². The largest absolute Gasteiger partial charge is 0.385 e. The van der Waals surface area contributed by atoms with E-state index in [1.165, 1.54) is 19.3 Å². The molecule has 1 fully saturated rings. The van der Waals surface area contributed by atoms with E-state index < -0.39 is 9.84 Å². The summed E-state index contributed by atoms with van der Waals surface area (Å²) in [7, 11) is -1.33. The Bertz CT molecular complexity index is 308. The number of halogens is 1. The SMILES string of the molecule is COCCCS(=O)(=O)CC1(CBr)CCCCC1. The van der Waals surface area contributed by atoms with Gasteiger partial charge in [0, 0.05) is 19.0 Å². The predicted molar refractivity (Wildman–Crippen MR) is 74.5 cm³/mol. The first-order chi connectivity index (χ1) is 8.04. The van der Waals surface area contributed by atoms with Crippen LogP contribution in [0.3, 0.4) is 0 Å². The zero-order valence-electron chi connectivity index (χ0n) is 10.6. The van der Waals surface area contributed by atoms with Crippen LogP contribution in [0.2, 0.25) is 0 Å². The monoisotopic (exact) mass is 326 g/mol. The quantitative estimate of drug-likeness (QED) is 0.533. The van der Waals surface area contributed by atoms with Gasteiger partial charge in [0.1, 0.15) is 0 Å². The van der Waals surface area contributed by atoms with Crippen LogP contribution >= 0.6 is 15.9 Å². The molecule has 0 unspecified atom stereocenters. The Labute approximate surface area is 113 Å². The minimum absolute atomic E-state index is 0.00977. The van der Waals surface area contributed by atoms with Crippen molar-refractivity contribution >= 4 is 25.8 Å². The molecule has 1 saturated carbocycles. The maximum absolute atomic E-state index is 12.1. The summed E-state index contributed by atoms with van der Waals surface area (Å²) >= 11 is 3.51. The van der Waals surface area contributed by atoms with Crippen molar-refractivity contribution in [2.75, 3.05) is 30.6 Å². The molecule has 3 nitrogen and oxygen atoms in total. The van der Waals surface area contributed by atoms with Crippen molar-refractivity contribution in [1.29, 1.82) is 0 Å². The molecule has 0 saturated heterocycles. The molecule has 1 aliphatic carbocycles. The molecule has 0 aromatic carbocycles. The normalized spacial score (nSPS) is 20.4. The molecule has 0 aliphatic heterocycles. The number of methoxy groups -OCH3 is 1. The van der Waals surface area contributed by atoms with Crippen molar-refractivity contribution in [3.05, 3.63) is 0 Å². The second-order valence-electron chi connectivity index (χ2n) is 5.13. The van der Waals surface area contributed by atoms with Gasteiger partial charge in [-0.15, -0.1) is 0 Å². The number of ether oxygens (including phenoxy) is 1. The van der Waals surface area contributed by atoms with E-state index in [0.29, 0.717) is 18.8 Å². The van der Waals surface area contributed by atoms with E-state index >= 15 is 0 Å². The second kappa shape index (κ2) is 7.10. The second-order valence-corrected chi connectivity index (χ2v) is 7.88. The summed E-state index contributed by atoms with van der Waals surface area (Å²) in [5.41, 5.74) is -0.00977. The smallest absolute Gasteiger partial charge is 0.150 e. The highest BCUT2D eigenvalue weighted by molar-refractivity contribution is 9.09. The molecule has 1 aliphatic rings. The maximum Gasteiger partial charge on any atom is 0.150 e. The molecule has 0 heterocycles. The Hall–Kier alpha value is 0.390. The summed E-state index contributed by atoms with van der Waals surface area (Å²) in [6.07, 6.45) is 6.28. The maximum atomic E-state index is 12.1. The zero-order chi connectivity index (χ0) is 12.8. The molecular weight excluding hydrogens is 304 g/mol. The van der Waals surface area contributed by atoms with Crippen molar-refractivity contribution in [2.24, 2.45) is 5.41 Å². The van der Waals surface area contributed by atoms with Crippen LogP contribution in [0.15, 0.2) is 0 Å². The number of rotatable bonds is 7. The summed E-state index contributed by atoms with van der Waals surface area (Å²) < 4.78 is 29.0. The topological polar surface area (TPSA) is 43.4 Å². The number of hydrogen-bond donors (Lipinski definition) is 0. The highest BCUT2D eigenvalue weighted by Gasteiger charge is 2.35. The molecule has 17 heavy (non-hydrogen) atoms. The lowest BCUT2D eigenvalue weighted by Crippen LogP contribution is -2.35. The van der Waals surface area contributed by atoms with Crippen LogP contribution in [-0.4, -0.2) is 39.0 Å². The molecule has 0 amide bonds. The van der Waals surface area contributed by atoms with Crippen LogP contribution in [0.4, 0.5) is 0 Å². The molecule has 0 atom stereocenters. The molecule has 0 aromatic rings. The number of sulfone groups is 1. The lowest BCUT2D eigenvalue weighted by Gasteiger charge is -2.35. The van der Waals surface area contributed by atoms with E-state index in [2.05, 4.69) is 15.9 Å². The molecule has 0 bridgehead atoms. The van der Waals surface area contributed by atoms with Gasteiger partial charge in [-0.25, -0.2) is 8.42 Å². The average molecular weight is 327 g/mol. The van der Waals surface area contributed by atoms with Gasteiger partial charge in [-0.3, -0.25) is 0 Å². The lowest BCUT2D eigenvalue weighted by atomic mass is 9.77. The van der Waals surface area contributed by atoms with Gasteiger partial charge < -0.3 is 4.74 Å². The van der Waals surface area contributed by atoms with Gasteiger partial charge in [0.2, 0.25) is 0 Å². The Morgan fingerprint density at radius 2 is 1.88 bits per heavy atom. The standard InChI is InChI=1S/C12H23BrO3S/c1-16-8-5-9-17(14,15)11-12(10-13)6-3-2-4-7-12/h2-11H2,1H3. The first-order valence-corrected chi connectivity index (χ1v) is 9.23. The summed E-state index contributed by atoms with van der Waals surface area (Å²) in [6.45, 7) is 0.528. The first-order valence-electron chi connectivity index (χ1n) is 6.29. The fourth-order valence-corrected chi connectivity index (χ4v) is 5.63. The molecule has 1 rings (SSSR count). The van der Waals surface area contributed by atoms with Gasteiger partial charge in [-0.1, -0.05) is 35.2 Å². The molecule has 0 spiro atoms. The minimum atomic E-state index is -2.93. The van der Waals surface area contributed by atoms with Gasteiger partial charge in [0.25, 0.3) is 0 Å². The van der Waals surface area contributed by atoms with E-state index in [4.69, 9.17) is 4.74 Å². The molecule has 0 N–H and O–H groups in total. The van der Waals surface area contributed by atoms with Crippen LogP contribution < -0.4 is 0 Å².